The Bertz CT molecular complexity index is 346. The Kier molecular flexibility index (Phi) is 6.27. The molecule has 0 aliphatic heterocycles. The molecule has 2 atom stereocenters. The van der Waals surface area contributed by atoms with Crippen molar-refractivity contribution in [2.45, 2.75) is 25.7 Å². The van der Waals surface area contributed by atoms with Crippen molar-refractivity contribution in [1.82, 2.24) is 10.6 Å². The molecule has 0 bridgehead atoms. The van der Waals surface area contributed by atoms with Crippen LogP contribution in [0.5, 0.6) is 0 Å². The standard InChI is InChI=1S/C12H21N3O4/c13-5-8-3-1-2-4-9(8)12(19)15-6-10(16)14-7-11(17)18/h8-9H,1-7,13H2,(H,14,16)(H,15,19)(H,17,18). The van der Waals surface area contributed by atoms with Crippen LogP contribution in [0.1, 0.15) is 25.7 Å². The Morgan fingerprint density at radius 1 is 1.11 bits per heavy atom. The van der Waals surface area contributed by atoms with Crippen LogP contribution in [0.15, 0.2) is 0 Å². The van der Waals surface area contributed by atoms with Gasteiger partial charge in [-0.3, -0.25) is 14.4 Å². The van der Waals surface area contributed by atoms with Crippen molar-refractivity contribution in [3.63, 3.8) is 0 Å². The molecule has 7 heteroatoms. The summed E-state index contributed by atoms with van der Waals surface area (Å²) in [6.45, 7) is -0.160. The van der Waals surface area contributed by atoms with E-state index in [2.05, 4.69) is 10.6 Å². The summed E-state index contributed by atoms with van der Waals surface area (Å²) in [5.41, 5.74) is 5.64. The molecule has 1 aliphatic carbocycles. The third-order valence-corrected chi connectivity index (χ3v) is 3.41. The van der Waals surface area contributed by atoms with Crippen molar-refractivity contribution in [2.75, 3.05) is 19.6 Å². The predicted molar refractivity (Wildman–Crippen MR) is 68.2 cm³/mol. The fourth-order valence-corrected chi connectivity index (χ4v) is 2.37. The van der Waals surface area contributed by atoms with Gasteiger partial charge >= 0.3 is 5.97 Å². The number of hydrogen-bond acceptors (Lipinski definition) is 4. The lowest BCUT2D eigenvalue weighted by molar-refractivity contribution is -0.137. The lowest BCUT2D eigenvalue weighted by atomic mass is 9.79. The van der Waals surface area contributed by atoms with Crippen LogP contribution in [0.2, 0.25) is 0 Å². The van der Waals surface area contributed by atoms with E-state index in [1.54, 1.807) is 0 Å². The molecule has 0 aromatic rings. The van der Waals surface area contributed by atoms with E-state index in [1.807, 2.05) is 0 Å². The normalized spacial score (nSPS) is 22.6. The molecule has 0 aromatic carbocycles. The van der Waals surface area contributed by atoms with Gasteiger partial charge in [-0.15, -0.1) is 0 Å². The molecule has 108 valence electrons. The van der Waals surface area contributed by atoms with E-state index in [1.165, 1.54) is 0 Å². The number of carbonyl (C=O) groups excluding carboxylic acids is 2. The number of rotatable bonds is 6. The van der Waals surface area contributed by atoms with E-state index in [9.17, 15) is 14.4 Å². The fourth-order valence-electron chi connectivity index (χ4n) is 2.37. The number of amides is 2. The minimum atomic E-state index is -1.12. The third-order valence-electron chi connectivity index (χ3n) is 3.41. The molecule has 0 aromatic heterocycles. The van der Waals surface area contributed by atoms with Gasteiger partial charge in [0.15, 0.2) is 0 Å². The molecule has 2 unspecified atom stereocenters. The molecule has 0 heterocycles. The maximum Gasteiger partial charge on any atom is 0.322 e. The summed E-state index contributed by atoms with van der Waals surface area (Å²) in [6, 6.07) is 0. The summed E-state index contributed by atoms with van der Waals surface area (Å²) in [5.74, 6) is -1.74. The number of carboxylic acid groups (broad SMARTS) is 1. The van der Waals surface area contributed by atoms with E-state index < -0.39 is 18.4 Å². The molecule has 1 saturated carbocycles. The number of nitrogens with one attached hydrogen (secondary N) is 2. The Morgan fingerprint density at radius 3 is 2.42 bits per heavy atom. The van der Waals surface area contributed by atoms with Crippen LogP contribution in [0.3, 0.4) is 0 Å². The molecular formula is C12H21N3O4. The van der Waals surface area contributed by atoms with Crippen LogP contribution in [0.4, 0.5) is 0 Å². The molecule has 1 aliphatic rings. The Balaban J connectivity index is 2.33. The molecule has 5 N–H and O–H groups in total. The highest BCUT2D eigenvalue weighted by atomic mass is 16.4. The molecule has 0 radical (unpaired) electrons. The zero-order valence-corrected chi connectivity index (χ0v) is 10.9. The lowest BCUT2D eigenvalue weighted by Crippen LogP contribution is -2.44. The van der Waals surface area contributed by atoms with Gasteiger partial charge < -0.3 is 21.5 Å². The first kappa shape index (κ1) is 15.4. The zero-order valence-electron chi connectivity index (χ0n) is 10.9. The maximum atomic E-state index is 11.9. The highest BCUT2D eigenvalue weighted by molar-refractivity contribution is 5.87. The van der Waals surface area contributed by atoms with Crippen molar-refractivity contribution in [3.8, 4) is 0 Å². The molecular weight excluding hydrogens is 250 g/mol. The van der Waals surface area contributed by atoms with Crippen LogP contribution >= 0.6 is 0 Å². The van der Waals surface area contributed by atoms with Crippen molar-refractivity contribution >= 4 is 17.8 Å². The van der Waals surface area contributed by atoms with E-state index in [0.29, 0.717) is 6.54 Å². The smallest absolute Gasteiger partial charge is 0.322 e. The number of nitrogens with two attached hydrogens (primary N) is 1. The second-order valence-electron chi connectivity index (χ2n) is 4.78. The molecule has 19 heavy (non-hydrogen) atoms. The Labute approximate surface area is 111 Å². The van der Waals surface area contributed by atoms with Gasteiger partial charge in [-0.2, -0.15) is 0 Å². The van der Waals surface area contributed by atoms with Gasteiger partial charge in [0.25, 0.3) is 0 Å². The second kappa shape index (κ2) is 7.73. The fraction of sp³-hybridized carbons (Fsp3) is 0.750. The van der Waals surface area contributed by atoms with E-state index >= 15 is 0 Å². The van der Waals surface area contributed by atoms with Crippen LogP contribution < -0.4 is 16.4 Å². The average molecular weight is 271 g/mol. The molecule has 7 nitrogen and oxygen atoms in total. The van der Waals surface area contributed by atoms with E-state index in [0.717, 1.165) is 25.7 Å². The van der Waals surface area contributed by atoms with E-state index in [-0.39, 0.29) is 24.3 Å². The summed E-state index contributed by atoms with van der Waals surface area (Å²) in [5, 5.41) is 13.1. The van der Waals surface area contributed by atoms with Crippen molar-refractivity contribution in [3.05, 3.63) is 0 Å². The summed E-state index contributed by atoms with van der Waals surface area (Å²) < 4.78 is 0. The van der Waals surface area contributed by atoms with Gasteiger partial charge in [-0.05, 0) is 25.3 Å². The van der Waals surface area contributed by atoms with Gasteiger partial charge in [0.1, 0.15) is 6.54 Å². The van der Waals surface area contributed by atoms with Gasteiger partial charge in [0, 0.05) is 5.92 Å². The highest BCUT2D eigenvalue weighted by Gasteiger charge is 2.29. The first-order chi connectivity index (χ1) is 9.04. The Hall–Kier alpha value is -1.63. The van der Waals surface area contributed by atoms with Gasteiger partial charge in [0.05, 0.1) is 6.54 Å². The minimum absolute atomic E-state index is 0.133. The topological polar surface area (TPSA) is 122 Å². The number of carbonyl (C=O) groups is 3. The maximum absolute atomic E-state index is 11.9. The molecule has 1 rings (SSSR count). The number of carboxylic acids is 1. The summed E-state index contributed by atoms with van der Waals surface area (Å²) in [7, 11) is 0. The van der Waals surface area contributed by atoms with Crippen LogP contribution in [0, 0.1) is 11.8 Å². The summed E-state index contributed by atoms with van der Waals surface area (Å²) >= 11 is 0. The third kappa shape index (κ3) is 5.25. The van der Waals surface area contributed by atoms with Crippen LogP contribution in [-0.4, -0.2) is 42.5 Å². The molecule has 1 fully saturated rings. The predicted octanol–water partition coefficient (Wildman–Crippen LogP) is -0.931. The van der Waals surface area contributed by atoms with Crippen LogP contribution in [0.25, 0.3) is 0 Å². The summed E-state index contributed by atoms with van der Waals surface area (Å²) in [4.78, 5) is 33.5. The Morgan fingerprint density at radius 2 is 1.79 bits per heavy atom. The summed E-state index contributed by atoms with van der Waals surface area (Å²) in [6.07, 6.45) is 3.83. The lowest BCUT2D eigenvalue weighted by Gasteiger charge is -2.29. The monoisotopic (exact) mass is 271 g/mol. The first-order valence-electron chi connectivity index (χ1n) is 6.51. The molecule has 0 saturated heterocycles. The van der Waals surface area contributed by atoms with Crippen LogP contribution in [-0.2, 0) is 14.4 Å². The average Bonchev–Trinajstić information content (AvgIpc) is 2.42. The quantitative estimate of drug-likeness (QED) is 0.497. The second-order valence-corrected chi connectivity index (χ2v) is 4.78. The van der Waals surface area contributed by atoms with Gasteiger partial charge in [0.2, 0.25) is 11.8 Å². The number of aliphatic carboxylic acids is 1. The molecule has 2 amide bonds. The van der Waals surface area contributed by atoms with E-state index in [4.69, 9.17) is 10.8 Å². The highest BCUT2D eigenvalue weighted by Crippen LogP contribution is 2.29. The largest absolute Gasteiger partial charge is 0.480 e. The number of hydrogen-bond donors (Lipinski definition) is 4. The van der Waals surface area contributed by atoms with Gasteiger partial charge in [-0.1, -0.05) is 12.8 Å². The first-order valence-corrected chi connectivity index (χ1v) is 6.51. The zero-order chi connectivity index (χ0) is 14.3. The van der Waals surface area contributed by atoms with Crippen molar-refractivity contribution < 1.29 is 19.5 Å². The minimum Gasteiger partial charge on any atom is -0.480 e. The van der Waals surface area contributed by atoms with Crippen molar-refractivity contribution in [2.24, 2.45) is 17.6 Å². The van der Waals surface area contributed by atoms with Crippen molar-refractivity contribution in [1.29, 1.82) is 0 Å². The molecule has 0 spiro atoms. The SMILES string of the molecule is NCC1CCCCC1C(=O)NCC(=O)NCC(=O)O. The van der Waals surface area contributed by atoms with Gasteiger partial charge in [-0.25, -0.2) is 0 Å².